The molecule has 6 aliphatic rings. The van der Waals surface area contributed by atoms with Gasteiger partial charge in [-0.15, -0.1) is 0 Å². The second-order valence-corrected chi connectivity index (χ2v) is 15.4. The molecule has 0 aromatic carbocycles. The highest BCUT2D eigenvalue weighted by Crippen LogP contribution is 2.67. The van der Waals surface area contributed by atoms with Crippen LogP contribution in [-0.2, 0) is 18.9 Å². The van der Waals surface area contributed by atoms with E-state index in [0.717, 1.165) is 32.1 Å². The van der Waals surface area contributed by atoms with E-state index >= 15 is 0 Å². The van der Waals surface area contributed by atoms with E-state index in [1.54, 1.807) is 6.92 Å². The number of rotatable bonds is 7. The van der Waals surface area contributed by atoms with Crippen LogP contribution in [0, 0.1) is 28.6 Å². The molecule has 13 heteroatoms. The van der Waals surface area contributed by atoms with Crippen molar-refractivity contribution in [2.45, 2.75) is 151 Å². The van der Waals surface area contributed by atoms with Gasteiger partial charge in [-0.05, 0) is 81.5 Å². The topological polar surface area (TPSA) is 219 Å². The summed E-state index contributed by atoms with van der Waals surface area (Å²) in [5.41, 5.74) is -0.0897. The molecule has 5 fully saturated rings. The van der Waals surface area contributed by atoms with Gasteiger partial charge in [0.25, 0.3) is 0 Å². The summed E-state index contributed by atoms with van der Waals surface area (Å²) in [5, 5.41) is 93.9. The maximum Gasteiger partial charge on any atom is 0.186 e. The van der Waals surface area contributed by atoms with Crippen LogP contribution in [0.3, 0.4) is 0 Å². The molecule has 0 bridgehead atoms. The first kappa shape index (κ1) is 35.1. The maximum absolute atomic E-state index is 11.5. The van der Waals surface area contributed by atoms with Crippen molar-refractivity contribution in [2.24, 2.45) is 28.6 Å². The van der Waals surface area contributed by atoms with Crippen LogP contribution in [0.4, 0.5) is 0 Å². The zero-order chi connectivity index (χ0) is 33.3. The molecule has 18 unspecified atom stereocenters. The predicted molar refractivity (Wildman–Crippen MR) is 160 cm³/mol. The molecule has 2 saturated heterocycles. The molecule has 9 N–H and O–H groups in total. The fourth-order valence-electron chi connectivity index (χ4n) is 10.2. The van der Waals surface area contributed by atoms with Crippen LogP contribution in [0.5, 0.6) is 0 Å². The molecule has 2 aliphatic heterocycles. The van der Waals surface area contributed by atoms with Crippen molar-refractivity contribution < 1.29 is 64.9 Å². The number of hydrogen-bond acceptors (Lipinski definition) is 13. The Morgan fingerprint density at radius 1 is 0.826 bits per heavy atom. The molecular weight excluding hydrogens is 604 g/mol. The second-order valence-electron chi connectivity index (χ2n) is 15.4. The summed E-state index contributed by atoms with van der Waals surface area (Å²) in [6.07, 6.45) is -6.81. The lowest BCUT2D eigenvalue weighted by molar-refractivity contribution is -0.336. The van der Waals surface area contributed by atoms with Gasteiger partial charge in [-0.1, -0.05) is 25.5 Å². The van der Waals surface area contributed by atoms with E-state index in [-0.39, 0.29) is 16.9 Å². The molecule has 3 saturated carbocycles. The van der Waals surface area contributed by atoms with E-state index in [1.807, 2.05) is 0 Å². The van der Waals surface area contributed by atoms with Gasteiger partial charge in [0.1, 0.15) is 48.8 Å². The van der Waals surface area contributed by atoms with Crippen molar-refractivity contribution in [1.82, 2.24) is 0 Å². The summed E-state index contributed by atoms with van der Waals surface area (Å²) >= 11 is 0. The van der Waals surface area contributed by atoms with E-state index in [1.165, 1.54) is 5.57 Å². The number of aliphatic hydroxyl groups excluding tert-OH is 8. The molecule has 264 valence electrons. The highest BCUT2D eigenvalue weighted by Gasteiger charge is 2.65. The van der Waals surface area contributed by atoms with Gasteiger partial charge in [0, 0.05) is 5.41 Å². The van der Waals surface area contributed by atoms with E-state index < -0.39 is 86.3 Å². The quantitative estimate of drug-likeness (QED) is 0.151. The molecular formula is C33H54O13. The first-order valence-electron chi connectivity index (χ1n) is 17.0. The van der Waals surface area contributed by atoms with Gasteiger partial charge in [0.2, 0.25) is 0 Å². The molecule has 0 aromatic heterocycles. The molecule has 0 amide bonds. The Kier molecular flexibility index (Phi) is 9.78. The molecule has 0 spiro atoms. The Morgan fingerprint density at radius 2 is 1.46 bits per heavy atom. The minimum atomic E-state index is -1.64. The van der Waals surface area contributed by atoms with Gasteiger partial charge in [-0.25, -0.2) is 0 Å². The zero-order valence-corrected chi connectivity index (χ0v) is 27.0. The van der Waals surface area contributed by atoms with Crippen LogP contribution in [0.25, 0.3) is 0 Å². The zero-order valence-electron chi connectivity index (χ0n) is 27.0. The number of hydrogen-bond donors (Lipinski definition) is 9. The molecule has 4 aliphatic carbocycles. The third-order valence-electron chi connectivity index (χ3n) is 13.2. The largest absolute Gasteiger partial charge is 0.394 e. The average Bonchev–Trinajstić information content (AvgIpc) is 3.32. The molecule has 0 aromatic rings. The smallest absolute Gasteiger partial charge is 0.186 e. The fraction of sp³-hybridized carbons (Fsp3) is 0.939. The third-order valence-corrected chi connectivity index (χ3v) is 13.2. The van der Waals surface area contributed by atoms with Crippen molar-refractivity contribution >= 4 is 0 Å². The highest BCUT2D eigenvalue weighted by molar-refractivity contribution is 5.26. The van der Waals surface area contributed by atoms with Gasteiger partial charge in [-0.3, -0.25) is 0 Å². The van der Waals surface area contributed by atoms with E-state index in [2.05, 4.69) is 19.9 Å². The lowest BCUT2D eigenvalue weighted by Crippen LogP contribution is -2.62. The molecule has 46 heavy (non-hydrogen) atoms. The number of aliphatic hydroxyl groups is 9. The predicted octanol–water partition coefficient (Wildman–Crippen LogP) is -0.930. The van der Waals surface area contributed by atoms with Crippen LogP contribution in [-0.4, -0.2) is 138 Å². The van der Waals surface area contributed by atoms with Crippen molar-refractivity contribution in [3.05, 3.63) is 11.6 Å². The lowest BCUT2D eigenvalue weighted by atomic mass is 9.46. The SMILES string of the molecule is CC(O)C1(O)CCC2C3CC=C4CC(OC5OC(COC6OC(CO)C(O)C(O)C6O)C(O)C(O)C5O)CCC4(C)C3CCC21C. The number of ether oxygens (including phenoxy) is 4. The van der Waals surface area contributed by atoms with Crippen LogP contribution in [0.15, 0.2) is 11.6 Å². The Balaban J connectivity index is 1.09. The van der Waals surface area contributed by atoms with E-state index in [0.29, 0.717) is 37.0 Å². The normalized spacial score (nSPS) is 54.7. The van der Waals surface area contributed by atoms with Gasteiger partial charge in [0.05, 0.1) is 31.0 Å². The minimum Gasteiger partial charge on any atom is -0.394 e. The molecule has 6 rings (SSSR count). The summed E-state index contributed by atoms with van der Waals surface area (Å²) in [5.74, 6) is 1.23. The fourth-order valence-corrected chi connectivity index (χ4v) is 10.2. The third kappa shape index (κ3) is 5.51. The summed E-state index contributed by atoms with van der Waals surface area (Å²) in [4.78, 5) is 0. The summed E-state index contributed by atoms with van der Waals surface area (Å²) in [6, 6.07) is 0. The monoisotopic (exact) mass is 658 g/mol. The van der Waals surface area contributed by atoms with Crippen LogP contribution in [0.1, 0.15) is 72.1 Å². The van der Waals surface area contributed by atoms with Crippen molar-refractivity contribution in [1.29, 1.82) is 0 Å². The first-order valence-corrected chi connectivity index (χ1v) is 17.0. The minimum absolute atomic E-state index is 0.0286. The Bertz CT molecular complexity index is 1120. The standard InChI is InChI=1S/C33H54O13/c1-15(35)33(42)11-8-20-18-5-4-16-12-17(6-9-31(16,2)19(18)7-10-32(20,33)3)44-30-28(41)26(39)24(37)22(46-30)14-43-29-27(40)25(38)23(36)21(13-34)45-29/h4,15,17-30,34-42H,5-14H2,1-3H3. The summed E-state index contributed by atoms with van der Waals surface area (Å²) < 4.78 is 23.0. The summed E-state index contributed by atoms with van der Waals surface area (Å²) in [6.45, 7) is 5.18. The highest BCUT2D eigenvalue weighted by atomic mass is 16.7. The molecule has 13 nitrogen and oxygen atoms in total. The van der Waals surface area contributed by atoms with Crippen LogP contribution < -0.4 is 0 Å². The second kappa shape index (κ2) is 12.8. The Hall–Kier alpha value is -0.780. The van der Waals surface area contributed by atoms with Gasteiger partial charge in [-0.2, -0.15) is 0 Å². The van der Waals surface area contributed by atoms with Crippen molar-refractivity contribution in [3.63, 3.8) is 0 Å². The molecule has 18 atom stereocenters. The van der Waals surface area contributed by atoms with Crippen LogP contribution >= 0.6 is 0 Å². The van der Waals surface area contributed by atoms with E-state index in [4.69, 9.17) is 18.9 Å². The molecule has 2 heterocycles. The first-order chi connectivity index (χ1) is 21.7. The van der Waals surface area contributed by atoms with Gasteiger partial charge >= 0.3 is 0 Å². The molecule has 0 radical (unpaired) electrons. The van der Waals surface area contributed by atoms with Crippen molar-refractivity contribution in [3.8, 4) is 0 Å². The lowest BCUT2D eigenvalue weighted by Gasteiger charge is -2.59. The van der Waals surface area contributed by atoms with Gasteiger partial charge in [0.15, 0.2) is 12.6 Å². The Labute approximate surface area is 269 Å². The number of allylic oxidation sites excluding steroid dienone is 1. The van der Waals surface area contributed by atoms with E-state index in [9.17, 15) is 46.0 Å². The average molecular weight is 659 g/mol. The Morgan fingerprint density at radius 3 is 2.13 bits per heavy atom. The number of fused-ring (bicyclic) bond motifs is 5. The maximum atomic E-state index is 11.5. The van der Waals surface area contributed by atoms with Crippen molar-refractivity contribution in [2.75, 3.05) is 13.2 Å². The van der Waals surface area contributed by atoms with Gasteiger partial charge < -0.3 is 64.9 Å². The summed E-state index contributed by atoms with van der Waals surface area (Å²) in [7, 11) is 0. The van der Waals surface area contributed by atoms with Crippen LogP contribution in [0.2, 0.25) is 0 Å².